The number of hydrogen-bond donors (Lipinski definition) is 4. The third kappa shape index (κ3) is 4.12. The fraction of sp³-hybridized carbons (Fsp3) is 0.550. The maximum atomic E-state index is 12.9. The molecule has 0 bridgehead atoms. The van der Waals surface area contributed by atoms with Gasteiger partial charge in [-0.05, 0) is 57.1 Å². The number of nitrogens with two attached hydrogens (primary N) is 1. The van der Waals surface area contributed by atoms with Crippen molar-refractivity contribution in [2.24, 2.45) is 9.50 Å². The Labute approximate surface area is 185 Å². The van der Waals surface area contributed by atoms with E-state index in [9.17, 15) is 19.2 Å². The fourth-order valence-corrected chi connectivity index (χ4v) is 5.97. The van der Waals surface area contributed by atoms with Gasteiger partial charge in [0.05, 0.1) is 24.2 Å². The average molecular weight is 466 g/mol. The molecule has 11 heteroatoms. The van der Waals surface area contributed by atoms with E-state index in [1.54, 1.807) is 0 Å². The van der Waals surface area contributed by atoms with E-state index in [-0.39, 0.29) is 14.6 Å². The number of aryl methyl sites for hydroxylation is 1. The zero-order valence-corrected chi connectivity index (χ0v) is 19.4. The molecule has 2 atom stereocenters. The lowest BCUT2D eigenvalue weighted by Gasteiger charge is -2.19. The molecular weight excluding hydrogens is 438 g/mol. The molecule has 0 aromatic carbocycles. The molecule has 1 saturated carbocycles. The molecule has 1 fully saturated rings. The van der Waals surface area contributed by atoms with Crippen molar-refractivity contribution in [1.82, 2.24) is 9.97 Å². The molecule has 0 spiro atoms. The highest BCUT2D eigenvalue weighted by molar-refractivity contribution is 7.93. The van der Waals surface area contributed by atoms with Crippen molar-refractivity contribution in [3.63, 3.8) is 0 Å². The molecule has 2 aromatic rings. The Kier molecular flexibility index (Phi) is 5.46. The van der Waals surface area contributed by atoms with Gasteiger partial charge in [-0.3, -0.25) is 4.98 Å². The Bertz CT molecular complexity index is 1180. The summed E-state index contributed by atoms with van der Waals surface area (Å²) in [7, 11) is -3.57. The van der Waals surface area contributed by atoms with Gasteiger partial charge in [-0.15, -0.1) is 15.7 Å². The Balaban J connectivity index is 1.65. The van der Waals surface area contributed by atoms with Gasteiger partial charge in [0.25, 0.3) is 0 Å². The number of rotatable bonds is 5. The lowest BCUT2D eigenvalue weighted by molar-refractivity contribution is -0.00244. The van der Waals surface area contributed by atoms with Gasteiger partial charge in [-0.2, -0.15) is 0 Å². The standard InChI is InChI=1S/C20H27N5O4S2/c1-11-15(12-5-4-6-13(12)23-16(11)19(2)7-8-19)24-18(27)25-31(21,29)14-9-22-17(30-14)20(3,28)10-26/h9,26,28H,4-8,10H2,1-3H3,(H3,21,23,24,25,27,29). The number of hydrogen-bond acceptors (Lipinski definition) is 7. The molecule has 0 aliphatic heterocycles. The van der Waals surface area contributed by atoms with Gasteiger partial charge in [0.1, 0.15) is 14.8 Å². The van der Waals surface area contributed by atoms with Crippen LogP contribution >= 0.6 is 11.3 Å². The fourth-order valence-electron chi connectivity index (χ4n) is 3.87. The van der Waals surface area contributed by atoms with Gasteiger partial charge >= 0.3 is 6.03 Å². The molecule has 168 valence electrons. The van der Waals surface area contributed by atoms with Crippen molar-refractivity contribution in [3.05, 3.63) is 33.7 Å². The van der Waals surface area contributed by atoms with Crippen molar-refractivity contribution in [1.29, 1.82) is 0 Å². The van der Waals surface area contributed by atoms with Gasteiger partial charge in [-0.25, -0.2) is 19.1 Å². The first kappa shape index (κ1) is 22.3. The highest BCUT2D eigenvalue weighted by atomic mass is 32.2. The van der Waals surface area contributed by atoms with Gasteiger partial charge in [0.2, 0.25) is 0 Å². The number of carbonyl (C=O) groups is 1. The zero-order chi connectivity index (χ0) is 22.6. The molecule has 31 heavy (non-hydrogen) atoms. The third-order valence-corrected chi connectivity index (χ3v) is 9.16. The lowest BCUT2D eigenvalue weighted by Crippen LogP contribution is -2.25. The van der Waals surface area contributed by atoms with Crippen LogP contribution in [0.5, 0.6) is 0 Å². The monoisotopic (exact) mass is 465 g/mol. The third-order valence-electron chi connectivity index (χ3n) is 6.03. The Morgan fingerprint density at radius 2 is 2.16 bits per heavy atom. The lowest BCUT2D eigenvalue weighted by atomic mass is 9.96. The average Bonchev–Trinajstić information content (AvgIpc) is 3.13. The summed E-state index contributed by atoms with van der Waals surface area (Å²) < 4.78 is 16.7. The number of aliphatic hydroxyl groups excluding tert-OH is 1. The first-order valence-corrected chi connectivity index (χ1v) is 12.5. The van der Waals surface area contributed by atoms with Crippen LogP contribution in [0.2, 0.25) is 0 Å². The molecule has 2 amide bonds. The molecule has 4 rings (SSSR count). The van der Waals surface area contributed by atoms with Crippen LogP contribution in [-0.2, 0) is 33.8 Å². The van der Waals surface area contributed by atoms with E-state index in [1.165, 1.54) is 13.1 Å². The minimum atomic E-state index is -3.57. The molecule has 2 unspecified atom stereocenters. The molecule has 0 saturated heterocycles. The zero-order valence-electron chi connectivity index (χ0n) is 17.8. The maximum Gasteiger partial charge on any atom is 0.354 e. The number of thiazole rings is 1. The number of anilines is 1. The van der Waals surface area contributed by atoms with Crippen LogP contribution in [0.1, 0.15) is 60.6 Å². The second kappa shape index (κ2) is 7.59. The van der Waals surface area contributed by atoms with Crippen LogP contribution in [-0.4, -0.2) is 37.0 Å². The first-order chi connectivity index (χ1) is 14.5. The van der Waals surface area contributed by atoms with Crippen molar-refractivity contribution in [2.75, 3.05) is 11.9 Å². The number of pyridine rings is 1. The number of carbonyl (C=O) groups excluding carboxylic acids is 1. The van der Waals surface area contributed by atoms with Crippen molar-refractivity contribution in [3.8, 4) is 0 Å². The van der Waals surface area contributed by atoms with E-state index in [0.717, 1.165) is 66.0 Å². The summed E-state index contributed by atoms with van der Waals surface area (Å²) in [5, 5.41) is 28.2. The number of aromatic nitrogens is 2. The number of nitrogens with one attached hydrogen (secondary N) is 1. The van der Waals surface area contributed by atoms with Crippen molar-refractivity contribution in [2.45, 2.75) is 68.1 Å². The number of amides is 2. The first-order valence-electron chi connectivity index (χ1n) is 10.2. The van der Waals surface area contributed by atoms with Gasteiger partial charge in [-0.1, -0.05) is 6.92 Å². The highest BCUT2D eigenvalue weighted by Crippen LogP contribution is 2.50. The maximum absolute atomic E-state index is 12.9. The highest BCUT2D eigenvalue weighted by Gasteiger charge is 2.43. The summed E-state index contributed by atoms with van der Waals surface area (Å²) in [6, 6.07) is -0.799. The summed E-state index contributed by atoms with van der Waals surface area (Å²) in [6.07, 6.45) is 6.02. The topological polar surface area (TPSA) is 151 Å². The normalized spacial score (nSPS) is 20.5. The molecular formula is C20H27N5O4S2. The summed E-state index contributed by atoms with van der Waals surface area (Å²) >= 11 is 0.852. The van der Waals surface area contributed by atoms with E-state index >= 15 is 0 Å². The SMILES string of the molecule is Cc1c(C2(C)CC2)nc2c(c1NC(=O)N=S(N)(=O)c1cnc(C(C)(O)CO)s1)CCC2. The minimum absolute atomic E-state index is 0.0441. The number of nitrogens with zero attached hydrogens (tertiary/aromatic N) is 3. The van der Waals surface area contributed by atoms with Gasteiger partial charge in [0.15, 0.2) is 9.92 Å². The van der Waals surface area contributed by atoms with Crippen LogP contribution in [0.4, 0.5) is 10.5 Å². The molecule has 2 aromatic heterocycles. The summed E-state index contributed by atoms with van der Waals surface area (Å²) in [5.74, 6) is 0. The second-order valence-electron chi connectivity index (χ2n) is 8.81. The predicted molar refractivity (Wildman–Crippen MR) is 118 cm³/mol. The Morgan fingerprint density at radius 3 is 2.81 bits per heavy atom. The van der Waals surface area contributed by atoms with Crippen LogP contribution in [0.15, 0.2) is 14.8 Å². The second-order valence-corrected chi connectivity index (χ2v) is 11.9. The summed E-state index contributed by atoms with van der Waals surface area (Å²) in [4.78, 5) is 21.6. The Morgan fingerprint density at radius 1 is 1.45 bits per heavy atom. The van der Waals surface area contributed by atoms with E-state index in [2.05, 4.69) is 21.6 Å². The molecule has 2 aliphatic carbocycles. The van der Waals surface area contributed by atoms with Crippen LogP contribution in [0, 0.1) is 6.92 Å². The largest absolute Gasteiger partial charge is 0.393 e. The quantitative estimate of drug-likeness (QED) is 0.533. The summed E-state index contributed by atoms with van der Waals surface area (Å²) in [5.41, 5.74) is 3.10. The van der Waals surface area contributed by atoms with E-state index in [0.29, 0.717) is 5.69 Å². The molecule has 2 heterocycles. The van der Waals surface area contributed by atoms with E-state index in [4.69, 9.17) is 10.1 Å². The molecule has 9 nitrogen and oxygen atoms in total. The minimum Gasteiger partial charge on any atom is -0.393 e. The summed E-state index contributed by atoms with van der Waals surface area (Å²) in [6.45, 7) is 4.95. The van der Waals surface area contributed by atoms with Crippen LogP contribution < -0.4 is 10.5 Å². The number of fused-ring (bicyclic) bond motifs is 1. The van der Waals surface area contributed by atoms with Crippen molar-refractivity contribution >= 4 is 33.0 Å². The molecule has 2 aliphatic rings. The smallest absolute Gasteiger partial charge is 0.354 e. The molecule has 0 radical (unpaired) electrons. The molecule has 5 N–H and O–H groups in total. The van der Waals surface area contributed by atoms with E-state index in [1.807, 2.05) is 6.92 Å². The van der Waals surface area contributed by atoms with Crippen molar-refractivity contribution < 1.29 is 19.2 Å². The van der Waals surface area contributed by atoms with Crippen LogP contribution in [0.3, 0.4) is 0 Å². The van der Waals surface area contributed by atoms with Crippen LogP contribution in [0.25, 0.3) is 0 Å². The number of aliphatic hydroxyl groups is 2. The predicted octanol–water partition coefficient (Wildman–Crippen LogP) is 2.52. The van der Waals surface area contributed by atoms with Gasteiger partial charge in [0, 0.05) is 11.1 Å². The number of urea groups is 1. The Hall–Kier alpha value is -1.92. The van der Waals surface area contributed by atoms with Gasteiger partial charge < -0.3 is 15.5 Å². The van der Waals surface area contributed by atoms with E-state index < -0.39 is 28.2 Å².